The highest BCUT2D eigenvalue weighted by Crippen LogP contribution is 2.03. The van der Waals surface area contributed by atoms with E-state index in [-0.39, 0.29) is 5.27 Å². The van der Waals surface area contributed by atoms with Crippen molar-refractivity contribution in [3.8, 4) is 0 Å². The molecule has 0 fully saturated rings. The molecule has 1 N–H and O–H groups in total. The lowest BCUT2D eigenvalue weighted by Crippen LogP contribution is -2.25. The van der Waals surface area contributed by atoms with Crippen molar-refractivity contribution >= 4 is 52.9 Å². The summed E-state index contributed by atoms with van der Waals surface area (Å²) in [6, 6.07) is 18.4. The molecule has 0 amide bonds. The average molecular weight is 317 g/mol. The first-order valence-corrected chi connectivity index (χ1v) is 7.89. The van der Waals surface area contributed by atoms with Gasteiger partial charge in [-0.3, -0.25) is 0 Å². The summed E-state index contributed by atoms with van der Waals surface area (Å²) in [6.07, 6.45) is 0.967. The SMILES string of the molecule is S=C(NCCc1ccccc1)c1ccc(B(S)S)cc1. The van der Waals surface area contributed by atoms with Crippen molar-refractivity contribution in [1.29, 1.82) is 0 Å². The van der Waals surface area contributed by atoms with Gasteiger partial charge in [0.25, 0.3) is 0 Å². The van der Waals surface area contributed by atoms with Gasteiger partial charge in [-0.15, -0.1) is 0 Å². The fraction of sp³-hybridized carbons (Fsp3) is 0.133. The Morgan fingerprint density at radius 1 is 1.00 bits per heavy atom. The van der Waals surface area contributed by atoms with Crippen molar-refractivity contribution in [2.45, 2.75) is 6.42 Å². The van der Waals surface area contributed by atoms with E-state index in [4.69, 9.17) is 12.2 Å². The third-order valence-corrected chi connectivity index (χ3v) is 3.99. The summed E-state index contributed by atoms with van der Waals surface area (Å²) in [5, 5.41) is 3.24. The van der Waals surface area contributed by atoms with Crippen LogP contribution in [0.2, 0.25) is 0 Å². The van der Waals surface area contributed by atoms with Crippen LogP contribution >= 0.6 is 37.2 Å². The number of rotatable bonds is 5. The van der Waals surface area contributed by atoms with Gasteiger partial charge in [-0.2, -0.15) is 0 Å². The molecule has 2 aromatic carbocycles. The third kappa shape index (κ3) is 4.58. The minimum absolute atomic E-state index is 0.0522. The zero-order valence-electron chi connectivity index (χ0n) is 11.0. The molecule has 20 heavy (non-hydrogen) atoms. The van der Waals surface area contributed by atoms with E-state index in [9.17, 15) is 0 Å². The standard InChI is InChI=1S/C15H16BNS3/c18-15(13-6-8-14(9-7-13)16(19)20)17-11-10-12-4-2-1-3-5-12/h1-9,19-20H,10-11H2,(H,17,18). The zero-order valence-corrected chi connectivity index (χ0v) is 13.6. The molecule has 0 aliphatic heterocycles. The van der Waals surface area contributed by atoms with Gasteiger partial charge in [0.15, 0.2) is 0 Å². The lowest BCUT2D eigenvalue weighted by molar-refractivity contribution is 0.875. The number of hydrogen-bond donors (Lipinski definition) is 3. The molecule has 5 heteroatoms. The van der Waals surface area contributed by atoms with E-state index in [1.54, 1.807) is 0 Å². The molecule has 0 radical (unpaired) electrons. The molecule has 1 nitrogen and oxygen atoms in total. The maximum Gasteiger partial charge on any atom is 0.301 e. The molecule has 0 aliphatic rings. The summed E-state index contributed by atoms with van der Waals surface area (Å²) in [5.74, 6) is 0. The van der Waals surface area contributed by atoms with Gasteiger partial charge in [0, 0.05) is 12.1 Å². The van der Waals surface area contributed by atoms with E-state index in [1.165, 1.54) is 5.56 Å². The van der Waals surface area contributed by atoms with Crippen LogP contribution in [0.5, 0.6) is 0 Å². The topological polar surface area (TPSA) is 12.0 Å². The van der Waals surface area contributed by atoms with Crippen molar-refractivity contribution in [2.75, 3.05) is 6.54 Å². The maximum absolute atomic E-state index is 5.40. The zero-order chi connectivity index (χ0) is 14.4. The number of nitrogens with one attached hydrogen (secondary N) is 1. The molecule has 0 atom stereocenters. The van der Waals surface area contributed by atoms with Crippen LogP contribution in [0.25, 0.3) is 0 Å². The van der Waals surface area contributed by atoms with Crippen LogP contribution in [-0.2, 0) is 6.42 Å². The molecule has 2 rings (SSSR count). The van der Waals surface area contributed by atoms with Crippen molar-refractivity contribution in [2.24, 2.45) is 0 Å². The maximum atomic E-state index is 5.40. The lowest BCUT2D eigenvalue weighted by Gasteiger charge is -2.09. The Labute approximate surface area is 136 Å². The number of thiocarbonyl (C=S) groups is 1. The second kappa shape index (κ2) is 7.77. The van der Waals surface area contributed by atoms with Crippen LogP contribution in [0.4, 0.5) is 0 Å². The summed E-state index contributed by atoms with van der Waals surface area (Å²) >= 11 is 14.0. The molecule has 0 spiro atoms. The third-order valence-electron chi connectivity index (χ3n) is 3.01. The molecule has 0 bridgehead atoms. The van der Waals surface area contributed by atoms with Crippen LogP contribution < -0.4 is 10.8 Å². The molecule has 0 unspecified atom stereocenters. The Balaban J connectivity index is 1.85. The molecular formula is C15H16BNS3. The van der Waals surface area contributed by atoms with E-state index in [0.29, 0.717) is 0 Å². The fourth-order valence-corrected chi connectivity index (χ4v) is 2.46. The van der Waals surface area contributed by atoms with Gasteiger partial charge in [0.2, 0.25) is 0 Å². The predicted octanol–water partition coefficient (Wildman–Crippen LogP) is 2.75. The van der Waals surface area contributed by atoms with E-state index >= 15 is 0 Å². The second-order valence-corrected chi connectivity index (χ2v) is 6.34. The van der Waals surface area contributed by atoms with E-state index in [1.807, 2.05) is 30.3 Å². The summed E-state index contributed by atoms with van der Waals surface area (Å²) in [5.41, 5.74) is 3.41. The molecule has 102 valence electrons. The molecule has 0 heterocycles. The van der Waals surface area contributed by atoms with Crippen LogP contribution in [0.15, 0.2) is 54.6 Å². The number of benzene rings is 2. The van der Waals surface area contributed by atoms with Gasteiger partial charge in [-0.25, -0.2) is 25.0 Å². The quantitative estimate of drug-likeness (QED) is 0.445. The van der Waals surface area contributed by atoms with Crippen molar-refractivity contribution in [3.63, 3.8) is 0 Å². The van der Waals surface area contributed by atoms with Gasteiger partial charge >= 0.3 is 5.27 Å². The Morgan fingerprint density at radius 2 is 1.65 bits per heavy atom. The van der Waals surface area contributed by atoms with Crippen molar-refractivity contribution in [1.82, 2.24) is 5.32 Å². The number of hydrogen-bond acceptors (Lipinski definition) is 3. The van der Waals surface area contributed by atoms with E-state index in [2.05, 4.69) is 54.5 Å². The molecule has 0 aliphatic carbocycles. The minimum Gasteiger partial charge on any atom is -0.375 e. The molecule has 2 aromatic rings. The highest BCUT2D eigenvalue weighted by molar-refractivity contribution is 8.42. The Kier molecular flexibility index (Phi) is 6.01. The Morgan fingerprint density at radius 3 is 2.25 bits per heavy atom. The van der Waals surface area contributed by atoms with Gasteiger partial charge in [-0.1, -0.05) is 72.3 Å². The van der Waals surface area contributed by atoms with Gasteiger partial charge in [0.05, 0.1) is 0 Å². The first-order chi connectivity index (χ1) is 9.66. The normalized spacial score (nSPS) is 10.1. The highest BCUT2D eigenvalue weighted by atomic mass is 32.2. The van der Waals surface area contributed by atoms with Crippen molar-refractivity contribution in [3.05, 3.63) is 65.7 Å². The number of thiol groups is 2. The summed E-state index contributed by atoms with van der Waals surface area (Å²) in [6.45, 7) is 0.840. The lowest BCUT2D eigenvalue weighted by atomic mass is 9.92. The minimum atomic E-state index is -0.0522. The van der Waals surface area contributed by atoms with Crippen LogP contribution in [0, 0.1) is 0 Å². The summed E-state index contributed by atoms with van der Waals surface area (Å²) in [7, 11) is 0. The highest BCUT2D eigenvalue weighted by Gasteiger charge is 2.06. The molecule has 0 saturated heterocycles. The van der Waals surface area contributed by atoms with Gasteiger partial charge < -0.3 is 5.32 Å². The van der Waals surface area contributed by atoms with Crippen molar-refractivity contribution < 1.29 is 0 Å². The molecular weight excluding hydrogens is 301 g/mol. The largest absolute Gasteiger partial charge is 0.375 e. The van der Waals surface area contributed by atoms with Crippen LogP contribution in [-0.4, -0.2) is 16.8 Å². The fourth-order valence-electron chi connectivity index (χ4n) is 1.87. The molecule has 0 aromatic heterocycles. The predicted molar refractivity (Wildman–Crippen MR) is 99.7 cm³/mol. The second-order valence-electron chi connectivity index (χ2n) is 4.49. The van der Waals surface area contributed by atoms with E-state index in [0.717, 1.165) is 29.0 Å². The van der Waals surface area contributed by atoms with Crippen LogP contribution in [0.1, 0.15) is 11.1 Å². The summed E-state index contributed by atoms with van der Waals surface area (Å²) in [4.78, 5) is 0.780. The van der Waals surface area contributed by atoms with Gasteiger partial charge in [-0.05, 0) is 12.0 Å². The first kappa shape index (κ1) is 15.5. The van der Waals surface area contributed by atoms with Gasteiger partial charge in [0.1, 0.15) is 4.99 Å². The first-order valence-electron chi connectivity index (χ1n) is 6.45. The average Bonchev–Trinajstić information content (AvgIpc) is 2.48. The molecule has 0 saturated carbocycles. The van der Waals surface area contributed by atoms with E-state index < -0.39 is 0 Å². The Bertz CT molecular complexity index is 555. The smallest absolute Gasteiger partial charge is 0.301 e. The monoisotopic (exact) mass is 317 g/mol. The van der Waals surface area contributed by atoms with Crippen LogP contribution in [0.3, 0.4) is 0 Å². The Hall–Kier alpha value is -0.905. The summed E-state index contributed by atoms with van der Waals surface area (Å²) < 4.78 is 0.